The third-order valence-electron chi connectivity index (χ3n) is 6.21. The van der Waals surface area contributed by atoms with E-state index < -0.39 is 24.0 Å². The number of nitrogens with zero attached hydrogens (tertiary/aromatic N) is 1. The zero-order valence-electron chi connectivity index (χ0n) is 17.8. The van der Waals surface area contributed by atoms with Crippen LogP contribution in [0.25, 0.3) is 11.1 Å². The van der Waals surface area contributed by atoms with Gasteiger partial charge in [0.1, 0.15) is 12.5 Å². The van der Waals surface area contributed by atoms with E-state index in [9.17, 15) is 19.5 Å². The average Bonchev–Trinajstić information content (AvgIpc) is 3.41. The number of nitrogens with one attached hydrogen (secondary N) is 1. The highest BCUT2D eigenvalue weighted by molar-refractivity contribution is 5.80. The molecule has 0 bridgehead atoms. The summed E-state index contributed by atoms with van der Waals surface area (Å²) >= 11 is 0. The van der Waals surface area contributed by atoms with Crippen molar-refractivity contribution in [3.8, 4) is 11.1 Å². The van der Waals surface area contributed by atoms with Gasteiger partial charge < -0.3 is 24.8 Å². The number of amides is 2. The van der Waals surface area contributed by atoms with Gasteiger partial charge in [-0.05, 0) is 22.3 Å². The molecule has 32 heavy (non-hydrogen) atoms. The summed E-state index contributed by atoms with van der Waals surface area (Å²) in [5.74, 6) is -2.01. The minimum atomic E-state index is -0.982. The van der Waals surface area contributed by atoms with Crippen LogP contribution < -0.4 is 5.32 Å². The molecule has 168 valence electrons. The molecule has 1 saturated heterocycles. The lowest BCUT2D eigenvalue weighted by Crippen LogP contribution is -2.45. The molecule has 1 aliphatic carbocycles. The number of benzene rings is 2. The molecule has 2 atom stereocenters. The normalized spacial score (nSPS) is 19.2. The van der Waals surface area contributed by atoms with Gasteiger partial charge in [-0.25, -0.2) is 4.79 Å². The van der Waals surface area contributed by atoms with Gasteiger partial charge in [0.15, 0.2) is 0 Å². The zero-order chi connectivity index (χ0) is 22.7. The van der Waals surface area contributed by atoms with Gasteiger partial charge in [-0.2, -0.15) is 0 Å². The molecule has 1 fully saturated rings. The van der Waals surface area contributed by atoms with Crippen molar-refractivity contribution in [1.82, 2.24) is 10.2 Å². The number of carboxylic acids is 1. The first-order valence-corrected chi connectivity index (χ1v) is 10.6. The molecule has 2 aromatic carbocycles. The van der Waals surface area contributed by atoms with E-state index >= 15 is 0 Å². The number of carboxylic acid groups (broad SMARTS) is 1. The van der Waals surface area contributed by atoms with Crippen LogP contribution in [0.2, 0.25) is 0 Å². The maximum Gasteiger partial charge on any atom is 0.407 e. The van der Waals surface area contributed by atoms with Crippen molar-refractivity contribution in [3.63, 3.8) is 0 Å². The predicted octanol–water partition coefficient (Wildman–Crippen LogP) is 2.47. The number of alkyl carbamates (subject to hydrolysis) is 1. The van der Waals surface area contributed by atoms with E-state index in [0.717, 1.165) is 22.3 Å². The summed E-state index contributed by atoms with van der Waals surface area (Å²) in [5, 5.41) is 11.9. The molecule has 2 aliphatic rings. The van der Waals surface area contributed by atoms with Crippen LogP contribution in [0.4, 0.5) is 4.79 Å². The molecule has 8 heteroatoms. The van der Waals surface area contributed by atoms with Gasteiger partial charge in [0, 0.05) is 25.9 Å². The second-order valence-electron chi connectivity index (χ2n) is 8.06. The quantitative estimate of drug-likeness (QED) is 0.688. The molecule has 2 N–H and O–H groups in total. The SMILES string of the molecule is CN(C(=O)CCNC(=O)OCC1c2ccccc2-c2ccccc21)C1COCC1C(=O)O. The second-order valence-corrected chi connectivity index (χ2v) is 8.06. The highest BCUT2D eigenvalue weighted by Gasteiger charge is 2.38. The largest absolute Gasteiger partial charge is 0.481 e. The first kappa shape index (κ1) is 21.8. The molecular formula is C24H26N2O6. The summed E-state index contributed by atoms with van der Waals surface area (Å²) in [6.07, 6.45) is -0.543. The third-order valence-corrected chi connectivity index (χ3v) is 6.21. The fraction of sp³-hybridized carbons (Fsp3) is 0.375. The Hall–Kier alpha value is -3.39. The van der Waals surface area contributed by atoms with Gasteiger partial charge >= 0.3 is 12.1 Å². The molecule has 1 heterocycles. The van der Waals surface area contributed by atoms with Crippen molar-refractivity contribution in [3.05, 3.63) is 59.7 Å². The Kier molecular flexibility index (Phi) is 6.41. The maximum atomic E-state index is 12.4. The van der Waals surface area contributed by atoms with Gasteiger partial charge in [-0.15, -0.1) is 0 Å². The number of fused-ring (bicyclic) bond motifs is 3. The van der Waals surface area contributed by atoms with E-state index in [1.54, 1.807) is 7.05 Å². The highest BCUT2D eigenvalue weighted by atomic mass is 16.5. The maximum absolute atomic E-state index is 12.4. The Morgan fingerprint density at radius 3 is 2.31 bits per heavy atom. The van der Waals surface area contributed by atoms with Crippen LogP contribution in [-0.2, 0) is 19.1 Å². The number of aliphatic carboxylic acids is 1. The van der Waals surface area contributed by atoms with E-state index in [2.05, 4.69) is 17.4 Å². The Morgan fingerprint density at radius 1 is 1.06 bits per heavy atom. The van der Waals surface area contributed by atoms with Crippen LogP contribution in [0, 0.1) is 5.92 Å². The first-order chi connectivity index (χ1) is 15.5. The molecule has 2 unspecified atom stereocenters. The van der Waals surface area contributed by atoms with Crippen LogP contribution in [0.1, 0.15) is 23.5 Å². The van der Waals surface area contributed by atoms with Gasteiger partial charge in [-0.1, -0.05) is 48.5 Å². The first-order valence-electron chi connectivity index (χ1n) is 10.6. The van der Waals surface area contributed by atoms with Crippen LogP contribution in [0.3, 0.4) is 0 Å². The van der Waals surface area contributed by atoms with Crippen molar-refractivity contribution in [2.75, 3.05) is 33.4 Å². The van der Waals surface area contributed by atoms with Crippen molar-refractivity contribution in [1.29, 1.82) is 0 Å². The van der Waals surface area contributed by atoms with Gasteiger partial charge in [-0.3, -0.25) is 9.59 Å². The molecule has 0 spiro atoms. The fourth-order valence-electron chi connectivity index (χ4n) is 4.44. The summed E-state index contributed by atoms with van der Waals surface area (Å²) in [6, 6.07) is 15.7. The number of hydrogen-bond donors (Lipinski definition) is 2. The molecular weight excluding hydrogens is 412 g/mol. The molecule has 1 aliphatic heterocycles. The number of carbonyl (C=O) groups excluding carboxylic acids is 2. The third kappa shape index (κ3) is 4.31. The lowest BCUT2D eigenvalue weighted by atomic mass is 9.98. The van der Waals surface area contributed by atoms with Crippen molar-refractivity contribution in [2.45, 2.75) is 18.4 Å². The Balaban J connectivity index is 1.26. The molecule has 4 rings (SSSR count). The average molecular weight is 438 g/mol. The number of carbonyl (C=O) groups is 3. The summed E-state index contributed by atoms with van der Waals surface area (Å²) in [4.78, 5) is 37.3. The molecule has 2 aromatic rings. The molecule has 0 saturated carbocycles. The lowest BCUT2D eigenvalue weighted by Gasteiger charge is -2.26. The van der Waals surface area contributed by atoms with Gasteiger partial charge in [0.2, 0.25) is 5.91 Å². The van der Waals surface area contributed by atoms with Crippen molar-refractivity contribution in [2.24, 2.45) is 5.92 Å². The van der Waals surface area contributed by atoms with Crippen molar-refractivity contribution >= 4 is 18.0 Å². The number of likely N-dealkylation sites (N-methyl/N-ethyl adjacent to an activating group) is 1. The van der Waals surface area contributed by atoms with Crippen LogP contribution in [0.15, 0.2) is 48.5 Å². The molecule has 0 aromatic heterocycles. The predicted molar refractivity (Wildman–Crippen MR) is 116 cm³/mol. The minimum absolute atomic E-state index is 0.0313. The summed E-state index contributed by atoms with van der Waals surface area (Å²) in [6.45, 7) is 0.590. The van der Waals surface area contributed by atoms with Crippen LogP contribution in [0.5, 0.6) is 0 Å². The van der Waals surface area contributed by atoms with Crippen LogP contribution >= 0.6 is 0 Å². The number of hydrogen-bond acceptors (Lipinski definition) is 5. The monoisotopic (exact) mass is 438 g/mol. The van der Waals surface area contributed by atoms with Gasteiger partial charge in [0.25, 0.3) is 0 Å². The van der Waals surface area contributed by atoms with E-state index in [-0.39, 0.29) is 44.6 Å². The van der Waals surface area contributed by atoms with Gasteiger partial charge in [0.05, 0.1) is 19.3 Å². The number of rotatable bonds is 7. The standard InChI is InChI=1S/C24H26N2O6/c1-26(21-14-31-12-20(21)23(28)29)22(27)10-11-25-24(30)32-13-19-17-8-4-2-6-15(17)16-7-3-5-9-18(16)19/h2-9,19-21H,10-14H2,1H3,(H,25,30)(H,28,29). The zero-order valence-corrected chi connectivity index (χ0v) is 17.8. The number of ether oxygens (including phenoxy) is 2. The Morgan fingerprint density at radius 2 is 1.69 bits per heavy atom. The molecule has 8 nitrogen and oxygen atoms in total. The summed E-state index contributed by atoms with van der Waals surface area (Å²) in [5.41, 5.74) is 4.57. The van der Waals surface area contributed by atoms with Crippen molar-refractivity contribution < 1.29 is 29.0 Å². The van der Waals surface area contributed by atoms with E-state index in [1.165, 1.54) is 4.90 Å². The van der Waals surface area contributed by atoms with E-state index in [4.69, 9.17) is 9.47 Å². The van der Waals surface area contributed by atoms with Crippen LogP contribution in [-0.4, -0.2) is 67.4 Å². The fourth-order valence-corrected chi connectivity index (χ4v) is 4.44. The second kappa shape index (κ2) is 9.40. The lowest BCUT2D eigenvalue weighted by molar-refractivity contribution is -0.144. The summed E-state index contributed by atoms with van der Waals surface area (Å²) < 4.78 is 10.7. The van der Waals surface area contributed by atoms with E-state index in [0.29, 0.717) is 0 Å². The van der Waals surface area contributed by atoms with E-state index in [1.807, 2.05) is 36.4 Å². The minimum Gasteiger partial charge on any atom is -0.481 e. The smallest absolute Gasteiger partial charge is 0.407 e. The Bertz CT molecular complexity index is 978. The highest BCUT2D eigenvalue weighted by Crippen LogP contribution is 2.44. The summed E-state index contributed by atoms with van der Waals surface area (Å²) in [7, 11) is 1.56. The Labute approximate surface area is 186 Å². The topological polar surface area (TPSA) is 105 Å². The molecule has 0 radical (unpaired) electrons. The molecule has 2 amide bonds.